The van der Waals surface area contributed by atoms with Gasteiger partial charge in [0.2, 0.25) is 26.0 Å². The van der Waals surface area contributed by atoms with E-state index in [-0.39, 0.29) is 24.2 Å². The number of benzene rings is 3. The number of esters is 1. The zero-order valence-corrected chi connectivity index (χ0v) is 24.9. The van der Waals surface area contributed by atoms with Crippen molar-refractivity contribution < 1.29 is 44.3 Å². The van der Waals surface area contributed by atoms with Gasteiger partial charge < -0.3 is 9.72 Å². The van der Waals surface area contributed by atoms with Crippen molar-refractivity contribution in [1.82, 2.24) is 19.4 Å². The number of alkyl halides is 3. The van der Waals surface area contributed by atoms with E-state index < -0.39 is 64.9 Å². The van der Waals surface area contributed by atoms with Crippen molar-refractivity contribution in [2.24, 2.45) is 0 Å². The Morgan fingerprint density at radius 3 is 2.45 bits per heavy atom. The predicted molar refractivity (Wildman–Crippen MR) is 152 cm³/mol. The number of amides is 1. The third-order valence-corrected chi connectivity index (χ3v) is 10.4. The third-order valence-electron chi connectivity index (χ3n) is 6.90. The molecule has 17 heteroatoms. The van der Waals surface area contributed by atoms with E-state index in [1.54, 1.807) is 0 Å². The third kappa shape index (κ3) is 6.43. The molecule has 0 radical (unpaired) electrons. The molecule has 11 nitrogen and oxygen atoms in total. The van der Waals surface area contributed by atoms with Gasteiger partial charge in [0.05, 0.1) is 51.7 Å². The molecule has 1 unspecified atom stereocenters. The fourth-order valence-electron chi connectivity index (χ4n) is 4.73. The first-order chi connectivity index (χ1) is 20.6. The van der Waals surface area contributed by atoms with E-state index in [1.807, 2.05) is 4.72 Å². The van der Waals surface area contributed by atoms with E-state index in [1.165, 1.54) is 49.6 Å². The van der Waals surface area contributed by atoms with Gasteiger partial charge in [-0.3, -0.25) is 9.52 Å². The fraction of sp³-hybridized carbons (Fsp3) is 0.222. The van der Waals surface area contributed by atoms with Crippen LogP contribution in [0.25, 0.3) is 11.0 Å². The molecule has 0 aliphatic carbocycles. The van der Waals surface area contributed by atoms with Gasteiger partial charge in [-0.1, -0.05) is 35.9 Å². The highest BCUT2D eigenvalue weighted by Crippen LogP contribution is 2.36. The number of aromatic nitrogens is 2. The van der Waals surface area contributed by atoms with Crippen LogP contribution >= 0.6 is 11.6 Å². The number of imidazole rings is 1. The van der Waals surface area contributed by atoms with E-state index in [0.717, 1.165) is 12.1 Å². The summed E-state index contributed by atoms with van der Waals surface area (Å²) in [5.41, 5.74) is 0.420. The smallest absolute Gasteiger partial charge is 0.417 e. The van der Waals surface area contributed by atoms with Crippen LogP contribution in [0.2, 0.25) is 5.02 Å². The van der Waals surface area contributed by atoms with Crippen molar-refractivity contribution >= 4 is 54.6 Å². The molecule has 1 saturated heterocycles. The number of fused-ring (bicyclic) bond motifs is 1. The average molecular weight is 671 g/mol. The Morgan fingerprint density at radius 2 is 1.84 bits per heavy atom. The number of halogens is 4. The highest BCUT2D eigenvalue weighted by atomic mass is 35.5. The molecule has 232 valence electrons. The van der Waals surface area contributed by atoms with Crippen LogP contribution in [0.5, 0.6) is 0 Å². The topological polar surface area (TPSA) is 164 Å². The van der Waals surface area contributed by atoms with Crippen molar-refractivity contribution in [3.63, 3.8) is 0 Å². The monoisotopic (exact) mass is 670 g/mol. The van der Waals surface area contributed by atoms with E-state index in [2.05, 4.69) is 14.7 Å². The van der Waals surface area contributed by atoms with Crippen LogP contribution in [0.4, 0.5) is 13.2 Å². The van der Waals surface area contributed by atoms with Gasteiger partial charge in [-0.15, -0.1) is 0 Å². The predicted octanol–water partition coefficient (Wildman–Crippen LogP) is 4.17. The minimum Gasteiger partial charge on any atom is -0.465 e. The normalized spacial score (nSPS) is 17.4. The number of nitrogens with zero attached hydrogens (tertiary/aromatic N) is 1. The molecule has 1 aromatic heterocycles. The van der Waals surface area contributed by atoms with Gasteiger partial charge >= 0.3 is 12.1 Å². The van der Waals surface area contributed by atoms with Crippen molar-refractivity contribution in [3.05, 3.63) is 93.8 Å². The highest BCUT2D eigenvalue weighted by molar-refractivity contribution is 7.90. The molecule has 2 heterocycles. The second-order valence-electron chi connectivity index (χ2n) is 9.87. The van der Waals surface area contributed by atoms with Crippen molar-refractivity contribution in [2.45, 2.75) is 35.2 Å². The Morgan fingerprint density at radius 1 is 1.14 bits per heavy atom. The summed E-state index contributed by atoms with van der Waals surface area (Å²) in [4.78, 5) is 30.3. The minimum atomic E-state index is -4.91. The fourth-order valence-corrected chi connectivity index (χ4v) is 7.61. The standard InChI is InChI=1S/C27H22ClF3N4O7S2/c1-42-26(37)16-6-9-20-21(11-16)33-25(32-20)22(34-43(38,39)17-7-8-19(28)18(12-17)27(29,30)31)10-14-2-4-15(5-3-14)23-13-24(36)35-44(23,40)41/h2-9,11-12,22-23,34H,10,13H2,1H3,(H,32,33)(H,35,36)/t22-,23?/m0/s1. The number of aromatic amines is 1. The minimum absolute atomic E-state index is 0.0767. The number of nitrogens with one attached hydrogen (secondary N) is 3. The lowest BCUT2D eigenvalue weighted by Crippen LogP contribution is -2.31. The van der Waals surface area contributed by atoms with Gasteiger partial charge in [0, 0.05) is 0 Å². The Hall–Kier alpha value is -3.99. The zero-order valence-electron chi connectivity index (χ0n) is 22.5. The van der Waals surface area contributed by atoms with Crippen LogP contribution in [0, 0.1) is 0 Å². The van der Waals surface area contributed by atoms with Crippen LogP contribution in [-0.2, 0) is 42.2 Å². The molecule has 3 N–H and O–H groups in total. The lowest BCUT2D eigenvalue weighted by Gasteiger charge is -2.18. The van der Waals surface area contributed by atoms with Crippen LogP contribution in [0.1, 0.15) is 50.6 Å². The van der Waals surface area contributed by atoms with Gasteiger partial charge in [-0.25, -0.2) is 31.3 Å². The number of carbonyl (C=O) groups excluding carboxylic acids is 2. The average Bonchev–Trinajstić information content (AvgIpc) is 3.50. The Balaban J connectivity index is 1.52. The Bertz CT molecular complexity index is 2000. The lowest BCUT2D eigenvalue weighted by atomic mass is 10.0. The van der Waals surface area contributed by atoms with Gasteiger partial charge in [0.15, 0.2) is 0 Å². The van der Waals surface area contributed by atoms with Gasteiger partial charge in [0.1, 0.15) is 11.1 Å². The molecular weight excluding hydrogens is 649 g/mol. The van der Waals surface area contributed by atoms with Crippen molar-refractivity contribution in [1.29, 1.82) is 0 Å². The zero-order chi connectivity index (χ0) is 32.0. The Kier molecular flexibility index (Phi) is 8.22. The molecule has 44 heavy (non-hydrogen) atoms. The second kappa shape index (κ2) is 11.5. The molecule has 4 aromatic rings. The molecular formula is C27H22ClF3N4O7S2. The van der Waals surface area contributed by atoms with Crippen LogP contribution in [0.3, 0.4) is 0 Å². The van der Waals surface area contributed by atoms with Gasteiger partial charge in [-0.2, -0.15) is 13.2 Å². The number of hydrogen-bond donors (Lipinski definition) is 3. The summed E-state index contributed by atoms with van der Waals surface area (Å²) >= 11 is 5.67. The first-order valence-electron chi connectivity index (χ1n) is 12.7. The molecule has 0 spiro atoms. The molecule has 3 aromatic carbocycles. The summed E-state index contributed by atoms with van der Waals surface area (Å²) < 4.78 is 101. The van der Waals surface area contributed by atoms with E-state index in [0.29, 0.717) is 28.2 Å². The maximum atomic E-state index is 13.5. The van der Waals surface area contributed by atoms with Crippen LogP contribution in [0.15, 0.2) is 65.6 Å². The number of rotatable bonds is 8. The number of sulfonamides is 2. The molecule has 5 rings (SSSR count). The number of hydrogen-bond acceptors (Lipinski definition) is 8. The first-order valence-corrected chi connectivity index (χ1v) is 16.1. The number of ether oxygens (including phenoxy) is 1. The first kappa shape index (κ1) is 31.4. The van der Waals surface area contributed by atoms with Crippen LogP contribution in [-0.4, -0.2) is 45.8 Å². The van der Waals surface area contributed by atoms with Gasteiger partial charge in [-0.05, 0) is 53.9 Å². The van der Waals surface area contributed by atoms with Crippen molar-refractivity contribution in [3.8, 4) is 0 Å². The quantitative estimate of drug-likeness (QED) is 0.235. The summed E-state index contributed by atoms with van der Waals surface area (Å²) in [6.45, 7) is 0. The maximum absolute atomic E-state index is 13.5. The maximum Gasteiger partial charge on any atom is 0.417 e. The number of carbonyl (C=O) groups is 2. The molecule has 1 amide bonds. The molecule has 1 fully saturated rings. The number of H-pyrrole nitrogens is 1. The van der Waals surface area contributed by atoms with E-state index in [9.17, 15) is 39.6 Å². The second-order valence-corrected chi connectivity index (χ2v) is 13.9. The largest absolute Gasteiger partial charge is 0.465 e. The van der Waals surface area contributed by atoms with E-state index >= 15 is 0 Å². The molecule has 1 aliphatic rings. The van der Waals surface area contributed by atoms with Gasteiger partial charge in [0.25, 0.3) is 0 Å². The SMILES string of the molecule is COC(=O)c1ccc2nc([C@H](Cc3ccc(C4CC(=O)NS4(=O)=O)cc3)NS(=O)(=O)c3ccc(Cl)c(C(F)(F)F)c3)[nH]c2c1. The highest BCUT2D eigenvalue weighted by Gasteiger charge is 2.38. The summed E-state index contributed by atoms with van der Waals surface area (Å²) in [5, 5.41) is -1.77. The lowest BCUT2D eigenvalue weighted by molar-refractivity contribution is -0.137. The summed E-state index contributed by atoms with van der Waals surface area (Å²) in [5.74, 6) is -1.18. The Labute approximate surface area is 253 Å². The summed E-state index contributed by atoms with van der Waals surface area (Å²) in [6, 6.07) is 11.5. The summed E-state index contributed by atoms with van der Waals surface area (Å²) in [6.07, 6.45) is -5.25. The number of methoxy groups -OCH3 is 1. The van der Waals surface area contributed by atoms with E-state index in [4.69, 9.17) is 16.3 Å². The van der Waals surface area contributed by atoms with Crippen molar-refractivity contribution in [2.75, 3.05) is 7.11 Å². The molecule has 1 aliphatic heterocycles. The van der Waals surface area contributed by atoms with Crippen LogP contribution < -0.4 is 9.44 Å². The summed E-state index contributed by atoms with van der Waals surface area (Å²) in [7, 11) is -7.29. The molecule has 0 bridgehead atoms. The molecule has 0 saturated carbocycles. The molecule has 2 atom stereocenters.